The van der Waals surface area contributed by atoms with Crippen molar-refractivity contribution < 1.29 is 4.92 Å². The lowest BCUT2D eigenvalue weighted by atomic mass is 10.2. The van der Waals surface area contributed by atoms with Crippen molar-refractivity contribution >= 4 is 17.1 Å². The normalized spacial score (nSPS) is 10.3. The van der Waals surface area contributed by atoms with Crippen molar-refractivity contribution in [2.24, 2.45) is 0 Å². The predicted octanol–water partition coefficient (Wildman–Crippen LogP) is 1.27. The molecular weight excluding hydrogens is 248 g/mol. The second kappa shape index (κ2) is 5.80. The number of aromatic nitrogens is 3. The molecule has 8 heteroatoms. The molecule has 1 aromatic heterocycles. The fourth-order valence-corrected chi connectivity index (χ4v) is 1.66. The highest BCUT2D eigenvalue weighted by Crippen LogP contribution is 2.24. The highest BCUT2D eigenvalue weighted by molar-refractivity contribution is 5.65. The molecule has 0 spiro atoms. The van der Waals surface area contributed by atoms with Crippen molar-refractivity contribution in [3.63, 3.8) is 0 Å². The van der Waals surface area contributed by atoms with E-state index in [0.29, 0.717) is 0 Å². The minimum absolute atomic E-state index is 0.0758. The molecule has 0 bridgehead atoms. The standard InChI is InChI=1S/C11H14N6O2/c12-10-8-9(2-3-11(10)17(18)19)13-4-1-6-16-7-5-14-15-16/h2-3,5,7-8,13H,1,4,6,12H2. The number of nitrogens with zero attached hydrogens (tertiary/aromatic N) is 4. The lowest BCUT2D eigenvalue weighted by Crippen LogP contribution is -2.07. The van der Waals surface area contributed by atoms with Crippen molar-refractivity contribution in [1.82, 2.24) is 15.0 Å². The van der Waals surface area contributed by atoms with Gasteiger partial charge in [0.05, 0.1) is 11.1 Å². The minimum Gasteiger partial charge on any atom is -0.393 e. The van der Waals surface area contributed by atoms with Crippen molar-refractivity contribution in [2.75, 3.05) is 17.6 Å². The Hall–Kier alpha value is -2.64. The number of nitrogen functional groups attached to an aromatic ring is 1. The van der Waals surface area contributed by atoms with E-state index in [1.807, 2.05) is 0 Å². The van der Waals surface area contributed by atoms with E-state index in [2.05, 4.69) is 15.6 Å². The van der Waals surface area contributed by atoms with Gasteiger partial charge in [-0.05, 0) is 18.6 Å². The lowest BCUT2D eigenvalue weighted by molar-refractivity contribution is -0.383. The zero-order valence-corrected chi connectivity index (χ0v) is 10.2. The second-order valence-electron chi connectivity index (χ2n) is 3.98. The smallest absolute Gasteiger partial charge is 0.292 e. The van der Waals surface area contributed by atoms with E-state index in [4.69, 9.17) is 5.73 Å². The molecule has 0 amide bonds. The van der Waals surface area contributed by atoms with Crippen LogP contribution in [0.15, 0.2) is 30.6 Å². The fraction of sp³-hybridized carbons (Fsp3) is 0.273. The summed E-state index contributed by atoms with van der Waals surface area (Å²) in [7, 11) is 0. The van der Waals surface area contributed by atoms with E-state index < -0.39 is 4.92 Å². The molecule has 0 saturated heterocycles. The molecule has 8 nitrogen and oxygen atoms in total. The monoisotopic (exact) mass is 262 g/mol. The Morgan fingerprint density at radius 1 is 1.47 bits per heavy atom. The van der Waals surface area contributed by atoms with Gasteiger partial charge < -0.3 is 11.1 Å². The number of rotatable bonds is 6. The number of benzene rings is 1. The first kappa shape index (κ1) is 12.8. The number of nitro benzene ring substituents is 1. The third-order valence-corrected chi connectivity index (χ3v) is 2.59. The third kappa shape index (κ3) is 3.41. The molecule has 1 aromatic carbocycles. The number of aryl methyl sites for hydroxylation is 1. The maximum Gasteiger partial charge on any atom is 0.292 e. The number of anilines is 2. The Morgan fingerprint density at radius 3 is 2.95 bits per heavy atom. The molecule has 0 saturated carbocycles. The summed E-state index contributed by atoms with van der Waals surface area (Å²) < 4.78 is 1.74. The van der Waals surface area contributed by atoms with Crippen molar-refractivity contribution in [1.29, 1.82) is 0 Å². The Balaban J connectivity index is 1.83. The Kier molecular flexibility index (Phi) is 3.91. The van der Waals surface area contributed by atoms with Gasteiger partial charge in [0.25, 0.3) is 5.69 Å². The molecule has 1 heterocycles. The van der Waals surface area contributed by atoms with Crippen LogP contribution in [0.5, 0.6) is 0 Å². The SMILES string of the molecule is Nc1cc(NCCCn2ccnn2)ccc1[N+](=O)[O-]. The van der Waals surface area contributed by atoms with E-state index in [-0.39, 0.29) is 11.4 Å². The minimum atomic E-state index is -0.496. The third-order valence-electron chi connectivity index (χ3n) is 2.59. The van der Waals surface area contributed by atoms with Gasteiger partial charge in [-0.1, -0.05) is 5.21 Å². The number of hydrogen-bond donors (Lipinski definition) is 2. The Bertz CT molecular complexity index is 554. The van der Waals surface area contributed by atoms with Crippen LogP contribution >= 0.6 is 0 Å². The van der Waals surface area contributed by atoms with Crippen molar-refractivity contribution in [3.8, 4) is 0 Å². The molecular formula is C11H14N6O2. The van der Waals surface area contributed by atoms with Crippen LogP contribution in [-0.2, 0) is 6.54 Å². The largest absolute Gasteiger partial charge is 0.393 e. The maximum atomic E-state index is 10.6. The van der Waals surface area contributed by atoms with Gasteiger partial charge in [-0.3, -0.25) is 14.8 Å². The van der Waals surface area contributed by atoms with Crippen LogP contribution in [0.4, 0.5) is 17.1 Å². The number of nitrogens with one attached hydrogen (secondary N) is 1. The van der Waals surface area contributed by atoms with Gasteiger partial charge in [0.1, 0.15) is 5.69 Å². The molecule has 19 heavy (non-hydrogen) atoms. The van der Waals surface area contributed by atoms with Gasteiger partial charge >= 0.3 is 0 Å². The van der Waals surface area contributed by atoms with Crippen molar-refractivity contribution in [3.05, 3.63) is 40.7 Å². The van der Waals surface area contributed by atoms with Crippen LogP contribution < -0.4 is 11.1 Å². The molecule has 0 aliphatic carbocycles. The molecule has 0 aliphatic rings. The lowest BCUT2D eigenvalue weighted by Gasteiger charge is -2.07. The summed E-state index contributed by atoms with van der Waals surface area (Å²) >= 11 is 0. The first-order chi connectivity index (χ1) is 9.16. The molecule has 2 rings (SSSR count). The zero-order chi connectivity index (χ0) is 13.7. The van der Waals surface area contributed by atoms with E-state index >= 15 is 0 Å². The first-order valence-corrected chi connectivity index (χ1v) is 5.78. The van der Waals surface area contributed by atoms with Gasteiger partial charge in [0.15, 0.2) is 0 Å². The molecule has 2 aromatic rings. The summed E-state index contributed by atoms with van der Waals surface area (Å²) in [5, 5.41) is 21.3. The Morgan fingerprint density at radius 2 is 2.32 bits per heavy atom. The summed E-state index contributed by atoms with van der Waals surface area (Å²) in [6, 6.07) is 4.60. The van der Waals surface area contributed by atoms with Gasteiger partial charge in [-0.25, -0.2) is 0 Å². The van der Waals surface area contributed by atoms with Crippen LogP contribution in [0.1, 0.15) is 6.42 Å². The van der Waals surface area contributed by atoms with Crippen LogP contribution in [0.2, 0.25) is 0 Å². The molecule has 100 valence electrons. The second-order valence-corrected chi connectivity index (χ2v) is 3.98. The summed E-state index contributed by atoms with van der Waals surface area (Å²) in [5.74, 6) is 0. The van der Waals surface area contributed by atoms with E-state index in [9.17, 15) is 10.1 Å². The summed E-state index contributed by atoms with van der Waals surface area (Å²) in [6.45, 7) is 1.48. The highest BCUT2D eigenvalue weighted by atomic mass is 16.6. The zero-order valence-electron chi connectivity index (χ0n) is 10.2. The number of nitro groups is 1. The van der Waals surface area contributed by atoms with Gasteiger partial charge in [-0.2, -0.15) is 0 Å². The average Bonchev–Trinajstić information content (AvgIpc) is 2.87. The molecule has 0 aliphatic heterocycles. The van der Waals surface area contributed by atoms with Crippen LogP contribution in [0, 0.1) is 10.1 Å². The molecule has 0 radical (unpaired) electrons. The van der Waals surface area contributed by atoms with E-state index in [1.165, 1.54) is 6.07 Å². The molecule has 0 fully saturated rings. The number of nitrogens with two attached hydrogens (primary N) is 1. The quantitative estimate of drug-likeness (QED) is 0.351. The van der Waals surface area contributed by atoms with E-state index in [0.717, 1.165) is 25.2 Å². The average molecular weight is 262 g/mol. The van der Waals surface area contributed by atoms with Crippen molar-refractivity contribution in [2.45, 2.75) is 13.0 Å². The first-order valence-electron chi connectivity index (χ1n) is 5.78. The number of hydrogen-bond acceptors (Lipinski definition) is 6. The summed E-state index contributed by atoms with van der Waals surface area (Å²) in [6.07, 6.45) is 4.29. The molecule has 0 unspecified atom stereocenters. The summed E-state index contributed by atoms with van der Waals surface area (Å²) in [5.41, 5.74) is 6.45. The van der Waals surface area contributed by atoms with Crippen LogP contribution in [0.3, 0.4) is 0 Å². The summed E-state index contributed by atoms with van der Waals surface area (Å²) in [4.78, 5) is 10.1. The topological polar surface area (TPSA) is 112 Å². The fourth-order valence-electron chi connectivity index (χ4n) is 1.66. The molecule has 0 atom stereocenters. The van der Waals surface area contributed by atoms with E-state index in [1.54, 1.807) is 29.2 Å². The maximum absolute atomic E-state index is 10.6. The van der Waals surface area contributed by atoms with Crippen LogP contribution in [0.25, 0.3) is 0 Å². The van der Waals surface area contributed by atoms with Gasteiger partial charge in [0.2, 0.25) is 0 Å². The predicted molar refractivity (Wildman–Crippen MR) is 70.6 cm³/mol. The molecule has 3 N–H and O–H groups in total. The van der Waals surface area contributed by atoms with Gasteiger partial charge in [-0.15, -0.1) is 5.10 Å². The highest BCUT2D eigenvalue weighted by Gasteiger charge is 2.10. The van der Waals surface area contributed by atoms with Gasteiger partial charge in [0, 0.05) is 31.0 Å². The Labute approximate surface area is 109 Å². The van der Waals surface area contributed by atoms with Crippen LogP contribution in [-0.4, -0.2) is 26.5 Å².